The van der Waals surface area contributed by atoms with E-state index in [-0.39, 0.29) is 16.7 Å². The molecule has 4 nitrogen and oxygen atoms in total. The van der Waals surface area contributed by atoms with Crippen LogP contribution in [0.25, 0.3) is 0 Å². The normalized spacial score (nSPS) is 19.8. The van der Waals surface area contributed by atoms with Gasteiger partial charge < -0.3 is 9.80 Å². The van der Waals surface area contributed by atoms with E-state index in [0.717, 1.165) is 36.3 Å². The molecule has 2 heterocycles. The predicted molar refractivity (Wildman–Crippen MR) is 108 cm³/mol. The Kier molecular flexibility index (Phi) is 5.59. The summed E-state index contributed by atoms with van der Waals surface area (Å²) in [7, 11) is 0. The average molecular weight is 395 g/mol. The number of amides is 2. The van der Waals surface area contributed by atoms with Gasteiger partial charge in [-0.3, -0.25) is 9.59 Å². The first-order valence-corrected chi connectivity index (χ1v) is 10.7. The molecule has 0 saturated carbocycles. The van der Waals surface area contributed by atoms with Crippen LogP contribution in [0.4, 0.5) is 0 Å². The summed E-state index contributed by atoms with van der Waals surface area (Å²) in [6, 6.07) is 7.78. The molecule has 0 aromatic heterocycles. The van der Waals surface area contributed by atoms with Gasteiger partial charge in [-0.2, -0.15) is 0 Å². The summed E-state index contributed by atoms with van der Waals surface area (Å²) in [5.74, 6) is 1.51. The van der Waals surface area contributed by atoms with Crippen LogP contribution in [-0.2, 0) is 4.79 Å². The molecule has 2 amide bonds. The van der Waals surface area contributed by atoms with E-state index >= 15 is 0 Å². The summed E-state index contributed by atoms with van der Waals surface area (Å²) in [4.78, 5) is 29.7. The van der Waals surface area contributed by atoms with Gasteiger partial charge in [-0.25, -0.2) is 0 Å². The highest BCUT2D eigenvalue weighted by molar-refractivity contribution is 8.00. The molecule has 142 valence electrons. The van der Waals surface area contributed by atoms with Gasteiger partial charge in [-0.15, -0.1) is 23.4 Å². The molecule has 0 N–H and O–H groups in total. The Labute approximate surface area is 165 Å². The third kappa shape index (κ3) is 3.48. The first kappa shape index (κ1) is 19.6. The smallest absolute Gasteiger partial charge is 0.255 e. The van der Waals surface area contributed by atoms with Crippen molar-refractivity contribution in [3.63, 3.8) is 0 Å². The Morgan fingerprint density at radius 2 is 1.85 bits per heavy atom. The Balaban J connectivity index is 1.74. The second-order valence-electron chi connectivity index (χ2n) is 7.88. The number of hydrogen-bond acceptors (Lipinski definition) is 3. The highest BCUT2D eigenvalue weighted by Crippen LogP contribution is 2.45. The number of halogens is 1. The summed E-state index contributed by atoms with van der Waals surface area (Å²) in [5.41, 5.74) is 1.27. The van der Waals surface area contributed by atoms with Crippen molar-refractivity contribution < 1.29 is 9.59 Å². The van der Waals surface area contributed by atoms with Crippen molar-refractivity contribution in [1.82, 2.24) is 9.80 Å². The van der Waals surface area contributed by atoms with Gasteiger partial charge in [0.05, 0.1) is 10.3 Å². The molecule has 6 heteroatoms. The second kappa shape index (κ2) is 7.43. The molecular formula is C20H27ClN2O2S. The number of benzene rings is 1. The van der Waals surface area contributed by atoms with Crippen LogP contribution in [0.5, 0.6) is 0 Å². The van der Waals surface area contributed by atoms with Gasteiger partial charge in [-0.1, -0.05) is 18.2 Å². The summed E-state index contributed by atoms with van der Waals surface area (Å²) in [6.45, 7) is 7.92. The van der Waals surface area contributed by atoms with Crippen LogP contribution in [0.2, 0.25) is 0 Å². The van der Waals surface area contributed by atoms with E-state index in [1.807, 2.05) is 61.7 Å². The molecule has 0 bridgehead atoms. The van der Waals surface area contributed by atoms with Gasteiger partial charge in [0.2, 0.25) is 5.91 Å². The van der Waals surface area contributed by atoms with E-state index in [1.54, 1.807) is 0 Å². The SMILES string of the molecule is Cc1ccccc1C(=O)N1CCSC12CCN(C(=O)C(C)(C)CCl)CC2. The van der Waals surface area contributed by atoms with Crippen molar-refractivity contribution >= 4 is 35.2 Å². The van der Waals surface area contributed by atoms with E-state index in [0.29, 0.717) is 19.0 Å². The Bertz CT molecular complexity index is 699. The van der Waals surface area contributed by atoms with E-state index in [2.05, 4.69) is 4.90 Å². The molecule has 0 unspecified atom stereocenters. The molecule has 0 radical (unpaired) electrons. The van der Waals surface area contributed by atoms with Crippen LogP contribution in [-0.4, -0.2) is 57.8 Å². The van der Waals surface area contributed by atoms with Gasteiger partial charge in [0.15, 0.2) is 0 Å². The highest BCUT2D eigenvalue weighted by atomic mass is 35.5. The van der Waals surface area contributed by atoms with Crippen molar-refractivity contribution in [2.45, 2.75) is 38.5 Å². The number of piperidine rings is 1. The van der Waals surface area contributed by atoms with Crippen LogP contribution in [0.3, 0.4) is 0 Å². The number of carbonyl (C=O) groups is 2. The van der Waals surface area contributed by atoms with E-state index in [4.69, 9.17) is 11.6 Å². The number of alkyl halides is 1. The zero-order chi connectivity index (χ0) is 18.9. The minimum atomic E-state index is -0.536. The van der Waals surface area contributed by atoms with E-state index in [1.165, 1.54) is 0 Å². The molecule has 26 heavy (non-hydrogen) atoms. The number of nitrogens with zero attached hydrogens (tertiary/aromatic N) is 2. The first-order chi connectivity index (χ1) is 12.3. The zero-order valence-electron chi connectivity index (χ0n) is 15.8. The first-order valence-electron chi connectivity index (χ1n) is 9.18. The Morgan fingerprint density at radius 3 is 2.46 bits per heavy atom. The van der Waals surface area contributed by atoms with Crippen molar-refractivity contribution in [2.75, 3.05) is 31.3 Å². The summed E-state index contributed by atoms with van der Waals surface area (Å²) >= 11 is 7.84. The maximum Gasteiger partial charge on any atom is 0.255 e. The quantitative estimate of drug-likeness (QED) is 0.733. The maximum atomic E-state index is 13.2. The molecule has 1 aromatic rings. The molecule has 1 aromatic carbocycles. The van der Waals surface area contributed by atoms with Crippen LogP contribution in [0.15, 0.2) is 24.3 Å². The fourth-order valence-electron chi connectivity index (χ4n) is 3.81. The minimum Gasteiger partial charge on any atom is -0.342 e. The molecule has 3 rings (SSSR count). The van der Waals surface area contributed by atoms with Crippen LogP contribution in [0.1, 0.15) is 42.6 Å². The number of carbonyl (C=O) groups excluding carboxylic acids is 2. The molecule has 2 fully saturated rings. The lowest BCUT2D eigenvalue weighted by atomic mass is 9.92. The predicted octanol–water partition coefficient (Wildman–Crippen LogP) is 3.77. The Hall–Kier alpha value is -1.20. The molecule has 2 aliphatic rings. The van der Waals surface area contributed by atoms with Crippen molar-refractivity contribution in [3.8, 4) is 0 Å². The van der Waals surface area contributed by atoms with Crippen LogP contribution in [0, 0.1) is 12.3 Å². The number of likely N-dealkylation sites (tertiary alicyclic amines) is 1. The highest BCUT2D eigenvalue weighted by Gasteiger charge is 2.48. The fraction of sp³-hybridized carbons (Fsp3) is 0.600. The number of aryl methyl sites for hydroxylation is 1. The fourth-order valence-corrected chi connectivity index (χ4v) is 5.38. The van der Waals surface area contributed by atoms with Gasteiger partial charge in [0.1, 0.15) is 0 Å². The van der Waals surface area contributed by atoms with Crippen molar-refractivity contribution in [1.29, 1.82) is 0 Å². The van der Waals surface area contributed by atoms with Crippen molar-refractivity contribution in [3.05, 3.63) is 35.4 Å². The van der Waals surface area contributed by atoms with E-state index in [9.17, 15) is 9.59 Å². The van der Waals surface area contributed by atoms with Crippen LogP contribution < -0.4 is 0 Å². The largest absolute Gasteiger partial charge is 0.342 e. The van der Waals surface area contributed by atoms with Crippen molar-refractivity contribution in [2.24, 2.45) is 5.41 Å². The summed E-state index contributed by atoms with van der Waals surface area (Å²) in [6.07, 6.45) is 1.64. The van der Waals surface area contributed by atoms with E-state index < -0.39 is 5.41 Å². The average Bonchev–Trinajstić information content (AvgIpc) is 3.04. The molecule has 2 aliphatic heterocycles. The number of rotatable bonds is 3. The lowest BCUT2D eigenvalue weighted by Gasteiger charge is -2.45. The molecule has 2 saturated heterocycles. The minimum absolute atomic E-state index is 0.113. The number of thioether (sulfide) groups is 1. The lowest BCUT2D eigenvalue weighted by Crippen LogP contribution is -2.55. The third-order valence-corrected chi connectivity index (χ3v) is 7.76. The van der Waals surface area contributed by atoms with Crippen LogP contribution >= 0.6 is 23.4 Å². The molecule has 0 aliphatic carbocycles. The lowest BCUT2D eigenvalue weighted by molar-refractivity contribution is -0.140. The standard InChI is InChI=1S/C20H27ClN2O2S/c1-15-6-4-5-7-16(15)17(24)23-12-13-26-20(23)8-10-22(11-9-20)18(25)19(2,3)14-21/h4-7H,8-14H2,1-3H3. The molecule has 0 atom stereocenters. The second-order valence-corrected chi connectivity index (χ2v) is 9.60. The Morgan fingerprint density at radius 1 is 1.19 bits per heavy atom. The number of hydrogen-bond donors (Lipinski definition) is 0. The van der Waals surface area contributed by atoms with Gasteiger partial charge in [0.25, 0.3) is 5.91 Å². The molecular weight excluding hydrogens is 368 g/mol. The third-order valence-electron chi connectivity index (χ3n) is 5.54. The maximum absolute atomic E-state index is 13.2. The summed E-state index contributed by atoms with van der Waals surface area (Å²) in [5, 5.41) is 0. The topological polar surface area (TPSA) is 40.6 Å². The van der Waals surface area contributed by atoms with Gasteiger partial charge in [-0.05, 0) is 45.2 Å². The van der Waals surface area contributed by atoms with Gasteiger partial charge >= 0.3 is 0 Å². The zero-order valence-corrected chi connectivity index (χ0v) is 17.3. The summed E-state index contributed by atoms with van der Waals surface area (Å²) < 4.78 is 0. The molecule has 1 spiro atoms. The monoisotopic (exact) mass is 394 g/mol. The van der Waals surface area contributed by atoms with Gasteiger partial charge in [0, 0.05) is 36.8 Å².